The van der Waals surface area contributed by atoms with Gasteiger partial charge in [-0.2, -0.15) is 0 Å². The van der Waals surface area contributed by atoms with Gasteiger partial charge in [-0.1, -0.05) is 24.3 Å². The van der Waals surface area contributed by atoms with E-state index in [1.54, 1.807) is 30.0 Å². The third-order valence-electron chi connectivity index (χ3n) is 3.86. The molecule has 0 aliphatic heterocycles. The van der Waals surface area contributed by atoms with Crippen LogP contribution in [0.1, 0.15) is 12.8 Å². The minimum absolute atomic E-state index is 0.0456. The molecule has 2 amide bonds. The average Bonchev–Trinajstić information content (AvgIpc) is 3.50. The first-order chi connectivity index (χ1) is 12.7. The zero-order valence-corrected chi connectivity index (χ0v) is 15.3. The van der Waals surface area contributed by atoms with Crippen LogP contribution in [0.25, 0.3) is 0 Å². The molecule has 1 aliphatic rings. The van der Waals surface area contributed by atoms with Crippen LogP contribution in [0, 0.1) is 5.92 Å². The molecule has 0 bridgehead atoms. The second-order valence-electron chi connectivity index (χ2n) is 6.09. The second kappa shape index (κ2) is 9.29. The first-order valence-corrected chi connectivity index (χ1v) is 9.67. The number of anilines is 1. The summed E-state index contributed by atoms with van der Waals surface area (Å²) in [7, 11) is 0. The Kier molecular flexibility index (Phi) is 6.55. The molecule has 136 valence electrons. The van der Waals surface area contributed by atoms with Crippen LogP contribution in [-0.2, 0) is 9.59 Å². The Hall–Kier alpha value is -2.47. The fraction of sp³-hybridized carbons (Fsp3) is 0.300. The lowest BCUT2D eigenvalue weighted by Crippen LogP contribution is -2.30. The molecule has 0 saturated heterocycles. The van der Waals surface area contributed by atoms with Crippen LogP contribution in [0.2, 0.25) is 0 Å². The molecular formula is C20H22N2O3S. The average molecular weight is 370 g/mol. The molecule has 1 aliphatic carbocycles. The molecule has 0 atom stereocenters. The standard InChI is InChI=1S/C20H22N2O3S/c23-19(21-11-12-26-18-7-2-1-3-8-18)14-25-17-6-4-5-16(13-17)22-20(24)15-9-10-15/h1-8,13,15H,9-12,14H2,(H,21,23)(H,22,24). The summed E-state index contributed by atoms with van der Waals surface area (Å²) >= 11 is 1.70. The van der Waals surface area contributed by atoms with Crippen LogP contribution in [0.4, 0.5) is 5.69 Å². The van der Waals surface area contributed by atoms with Gasteiger partial charge in [0.05, 0.1) is 0 Å². The molecule has 2 N–H and O–H groups in total. The highest BCUT2D eigenvalue weighted by atomic mass is 32.2. The molecule has 1 fully saturated rings. The topological polar surface area (TPSA) is 67.4 Å². The number of carbonyl (C=O) groups is 2. The van der Waals surface area contributed by atoms with Gasteiger partial charge in [0, 0.05) is 34.9 Å². The van der Waals surface area contributed by atoms with Crippen molar-refractivity contribution in [2.24, 2.45) is 5.92 Å². The van der Waals surface area contributed by atoms with Crippen molar-refractivity contribution in [3.05, 3.63) is 54.6 Å². The molecular weight excluding hydrogens is 348 g/mol. The zero-order chi connectivity index (χ0) is 18.2. The normalized spacial score (nSPS) is 13.1. The molecule has 3 rings (SSSR count). The molecule has 2 aromatic rings. The Morgan fingerprint density at radius 2 is 1.88 bits per heavy atom. The number of hydrogen-bond acceptors (Lipinski definition) is 4. The number of thioether (sulfide) groups is 1. The van der Waals surface area contributed by atoms with Gasteiger partial charge >= 0.3 is 0 Å². The maximum atomic E-state index is 11.9. The van der Waals surface area contributed by atoms with E-state index in [0.717, 1.165) is 18.6 Å². The summed E-state index contributed by atoms with van der Waals surface area (Å²) in [6.07, 6.45) is 1.93. The zero-order valence-electron chi connectivity index (χ0n) is 14.4. The summed E-state index contributed by atoms with van der Waals surface area (Å²) in [4.78, 5) is 24.8. The molecule has 0 radical (unpaired) electrons. The van der Waals surface area contributed by atoms with Gasteiger partial charge in [-0.25, -0.2) is 0 Å². The van der Waals surface area contributed by atoms with Crippen molar-refractivity contribution >= 4 is 29.3 Å². The highest BCUT2D eigenvalue weighted by molar-refractivity contribution is 7.99. The molecule has 0 spiro atoms. The van der Waals surface area contributed by atoms with E-state index >= 15 is 0 Å². The monoisotopic (exact) mass is 370 g/mol. The van der Waals surface area contributed by atoms with E-state index in [-0.39, 0.29) is 24.3 Å². The van der Waals surface area contributed by atoms with E-state index < -0.39 is 0 Å². The smallest absolute Gasteiger partial charge is 0.257 e. The molecule has 5 nitrogen and oxygen atoms in total. The maximum absolute atomic E-state index is 11.9. The minimum atomic E-state index is -0.161. The van der Waals surface area contributed by atoms with Crippen molar-refractivity contribution in [1.82, 2.24) is 5.32 Å². The van der Waals surface area contributed by atoms with Crippen molar-refractivity contribution in [3.63, 3.8) is 0 Å². The molecule has 2 aromatic carbocycles. The summed E-state index contributed by atoms with van der Waals surface area (Å²) in [6.45, 7) is 0.537. The number of carbonyl (C=O) groups excluding carboxylic acids is 2. The van der Waals surface area contributed by atoms with Crippen LogP contribution in [0.5, 0.6) is 5.75 Å². The van der Waals surface area contributed by atoms with Crippen molar-refractivity contribution < 1.29 is 14.3 Å². The number of ether oxygens (including phenoxy) is 1. The summed E-state index contributed by atoms with van der Waals surface area (Å²) in [5, 5.41) is 5.71. The van der Waals surface area contributed by atoms with Crippen LogP contribution < -0.4 is 15.4 Å². The van der Waals surface area contributed by atoms with Gasteiger partial charge in [-0.05, 0) is 37.1 Å². The van der Waals surface area contributed by atoms with Crippen LogP contribution >= 0.6 is 11.8 Å². The fourth-order valence-electron chi connectivity index (χ4n) is 2.33. The van der Waals surface area contributed by atoms with Gasteiger partial charge < -0.3 is 15.4 Å². The summed E-state index contributed by atoms with van der Waals surface area (Å²) in [5.41, 5.74) is 0.694. The number of nitrogens with one attached hydrogen (secondary N) is 2. The molecule has 0 heterocycles. The van der Waals surface area contributed by atoms with E-state index in [2.05, 4.69) is 10.6 Å². The molecule has 26 heavy (non-hydrogen) atoms. The molecule has 6 heteroatoms. The third-order valence-corrected chi connectivity index (χ3v) is 4.87. The van der Waals surface area contributed by atoms with Crippen molar-refractivity contribution in [2.45, 2.75) is 17.7 Å². The van der Waals surface area contributed by atoms with E-state index in [0.29, 0.717) is 18.0 Å². The molecule has 0 unspecified atom stereocenters. The maximum Gasteiger partial charge on any atom is 0.257 e. The van der Waals surface area contributed by atoms with E-state index in [1.807, 2.05) is 36.4 Å². The Morgan fingerprint density at radius 1 is 1.08 bits per heavy atom. The predicted molar refractivity (Wildman–Crippen MR) is 103 cm³/mol. The Morgan fingerprint density at radius 3 is 2.65 bits per heavy atom. The Labute approximate surface area is 157 Å². The van der Waals surface area contributed by atoms with Gasteiger partial charge in [0.25, 0.3) is 5.91 Å². The van der Waals surface area contributed by atoms with Crippen molar-refractivity contribution in [3.8, 4) is 5.75 Å². The van der Waals surface area contributed by atoms with Gasteiger partial charge in [-0.15, -0.1) is 11.8 Å². The molecule has 1 saturated carbocycles. The van der Waals surface area contributed by atoms with Gasteiger partial charge in [-0.3, -0.25) is 9.59 Å². The first kappa shape index (κ1) is 18.3. The summed E-state index contributed by atoms with van der Waals surface area (Å²) in [6, 6.07) is 17.2. The van der Waals surface area contributed by atoms with Crippen LogP contribution in [0.15, 0.2) is 59.5 Å². The number of amides is 2. The Balaban J connectivity index is 1.35. The van der Waals surface area contributed by atoms with Crippen molar-refractivity contribution in [1.29, 1.82) is 0 Å². The summed E-state index contributed by atoms with van der Waals surface area (Å²) in [5.74, 6) is 1.41. The highest BCUT2D eigenvalue weighted by Gasteiger charge is 2.29. The predicted octanol–water partition coefficient (Wildman–Crippen LogP) is 3.32. The first-order valence-electron chi connectivity index (χ1n) is 8.69. The van der Waals surface area contributed by atoms with E-state index in [1.165, 1.54) is 4.90 Å². The summed E-state index contributed by atoms with van der Waals surface area (Å²) < 4.78 is 5.51. The number of hydrogen-bond donors (Lipinski definition) is 2. The fourth-order valence-corrected chi connectivity index (χ4v) is 3.12. The minimum Gasteiger partial charge on any atom is -0.484 e. The van der Waals surface area contributed by atoms with E-state index in [9.17, 15) is 9.59 Å². The van der Waals surface area contributed by atoms with Crippen molar-refractivity contribution in [2.75, 3.05) is 24.2 Å². The van der Waals surface area contributed by atoms with Gasteiger partial charge in [0.1, 0.15) is 5.75 Å². The largest absolute Gasteiger partial charge is 0.484 e. The van der Waals surface area contributed by atoms with E-state index in [4.69, 9.17) is 4.74 Å². The van der Waals surface area contributed by atoms with Crippen LogP contribution in [0.3, 0.4) is 0 Å². The molecule has 0 aromatic heterocycles. The second-order valence-corrected chi connectivity index (χ2v) is 7.26. The lowest BCUT2D eigenvalue weighted by atomic mass is 10.3. The number of rotatable bonds is 9. The Bertz CT molecular complexity index is 748. The van der Waals surface area contributed by atoms with Crippen LogP contribution in [-0.4, -0.2) is 30.7 Å². The quantitative estimate of drug-likeness (QED) is 0.525. The van der Waals surface area contributed by atoms with Gasteiger partial charge in [0.15, 0.2) is 6.61 Å². The third kappa shape index (κ3) is 6.11. The SMILES string of the molecule is O=C(COc1cccc(NC(=O)C2CC2)c1)NCCSc1ccccc1. The lowest BCUT2D eigenvalue weighted by molar-refractivity contribution is -0.123. The highest BCUT2D eigenvalue weighted by Crippen LogP contribution is 2.30. The number of benzene rings is 2. The van der Waals surface area contributed by atoms with Gasteiger partial charge in [0.2, 0.25) is 5.91 Å². The lowest BCUT2D eigenvalue weighted by Gasteiger charge is -2.09.